The normalized spacial score (nSPS) is 14.8. The molecule has 1 aromatic carbocycles. The van der Waals surface area contributed by atoms with Gasteiger partial charge in [-0.15, -0.1) is 0 Å². The maximum Gasteiger partial charge on any atom is 0.336 e. The molecule has 0 aliphatic rings. The second kappa shape index (κ2) is 3.77. The molecule has 0 saturated heterocycles. The first-order chi connectivity index (χ1) is 6.49. The average molecular weight is 196 g/mol. The highest BCUT2D eigenvalue weighted by Gasteiger charge is 2.27. The van der Waals surface area contributed by atoms with E-state index in [1.807, 2.05) is 0 Å². The largest absolute Gasteiger partial charge is 0.478 e. The summed E-state index contributed by atoms with van der Waals surface area (Å²) in [6, 6.07) is 6.19. The minimum absolute atomic E-state index is 0.0411. The molecule has 14 heavy (non-hydrogen) atoms. The zero-order valence-corrected chi connectivity index (χ0v) is 8.02. The minimum Gasteiger partial charge on any atom is -0.478 e. The molecule has 0 aliphatic carbocycles. The Hall–Kier alpha value is -1.39. The van der Waals surface area contributed by atoms with Crippen LogP contribution in [0, 0.1) is 0 Å². The highest BCUT2D eigenvalue weighted by molar-refractivity contribution is 5.89. The number of aromatic carboxylic acids is 1. The van der Waals surface area contributed by atoms with E-state index in [4.69, 9.17) is 9.84 Å². The SMILES string of the molecule is COC(C)(O)c1ccccc1C(=O)O. The predicted molar refractivity (Wildman–Crippen MR) is 50.0 cm³/mol. The van der Waals surface area contributed by atoms with Gasteiger partial charge in [0.25, 0.3) is 0 Å². The van der Waals surface area contributed by atoms with Crippen LogP contribution in [0.25, 0.3) is 0 Å². The van der Waals surface area contributed by atoms with E-state index in [2.05, 4.69) is 0 Å². The maximum absolute atomic E-state index is 10.8. The molecular weight excluding hydrogens is 184 g/mol. The van der Waals surface area contributed by atoms with E-state index in [1.165, 1.54) is 26.2 Å². The highest BCUT2D eigenvalue weighted by Crippen LogP contribution is 2.24. The van der Waals surface area contributed by atoms with Crippen LogP contribution in [0.5, 0.6) is 0 Å². The lowest BCUT2D eigenvalue weighted by Gasteiger charge is -2.23. The molecule has 1 aromatic rings. The van der Waals surface area contributed by atoms with Gasteiger partial charge in [0.2, 0.25) is 0 Å². The second-order valence-electron chi connectivity index (χ2n) is 3.04. The molecule has 0 radical (unpaired) electrons. The molecule has 0 amide bonds. The smallest absolute Gasteiger partial charge is 0.336 e. The summed E-state index contributed by atoms with van der Waals surface area (Å²) in [4.78, 5) is 10.8. The van der Waals surface area contributed by atoms with E-state index in [9.17, 15) is 9.90 Å². The molecule has 0 bridgehead atoms. The molecule has 76 valence electrons. The van der Waals surface area contributed by atoms with Crippen molar-refractivity contribution in [2.45, 2.75) is 12.7 Å². The van der Waals surface area contributed by atoms with Crippen LogP contribution in [0.15, 0.2) is 24.3 Å². The summed E-state index contributed by atoms with van der Waals surface area (Å²) in [5, 5.41) is 18.6. The summed E-state index contributed by atoms with van der Waals surface area (Å²) in [6.07, 6.45) is 0. The Morgan fingerprint density at radius 1 is 1.43 bits per heavy atom. The Morgan fingerprint density at radius 2 is 2.00 bits per heavy atom. The number of methoxy groups -OCH3 is 1. The van der Waals surface area contributed by atoms with Crippen LogP contribution in [0.3, 0.4) is 0 Å². The van der Waals surface area contributed by atoms with Crippen LogP contribution in [-0.4, -0.2) is 23.3 Å². The summed E-state index contributed by atoms with van der Waals surface area (Å²) >= 11 is 0. The molecule has 0 aromatic heterocycles. The number of carboxylic acids is 1. The first-order valence-electron chi connectivity index (χ1n) is 4.09. The molecule has 2 N–H and O–H groups in total. The van der Waals surface area contributed by atoms with E-state index in [0.717, 1.165) is 0 Å². The Kier molecular flexibility index (Phi) is 2.88. The van der Waals surface area contributed by atoms with Gasteiger partial charge in [-0.1, -0.05) is 18.2 Å². The third-order valence-electron chi connectivity index (χ3n) is 2.05. The van der Waals surface area contributed by atoms with Gasteiger partial charge in [-0.2, -0.15) is 0 Å². The zero-order chi connectivity index (χ0) is 10.8. The molecule has 0 fully saturated rings. The Labute approximate surface area is 81.8 Å². The van der Waals surface area contributed by atoms with Gasteiger partial charge >= 0.3 is 5.97 Å². The van der Waals surface area contributed by atoms with Gasteiger partial charge in [0, 0.05) is 12.7 Å². The van der Waals surface area contributed by atoms with Crippen molar-refractivity contribution < 1.29 is 19.7 Å². The highest BCUT2D eigenvalue weighted by atomic mass is 16.6. The average Bonchev–Trinajstić information content (AvgIpc) is 2.18. The number of aliphatic hydroxyl groups is 1. The monoisotopic (exact) mass is 196 g/mol. The van der Waals surface area contributed by atoms with E-state index in [-0.39, 0.29) is 11.1 Å². The first-order valence-corrected chi connectivity index (χ1v) is 4.09. The van der Waals surface area contributed by atoms with E-state index in [1.54, 1.807) is 12.1 Å². The van der Waals surface area contributed by atoms with Crippen molar-refractivity contribution in [2.75, 3.05) is 7.11 Å². The number of hydrogen-bond acceptors (Lipinski definition) is 3. The van der Waals surface area contributed by atoms with Gasteiger partial charge in [-0.05, 0) is 13.0 Å². The molecule has 0 heterocycles. The molecule has 1 unspecified atom stereocenters. The van der Waals surface area contributed by atoms with Crippen molar-refractivity contribution in [3.63, 3.8) is 0 Å². The zero-order valence-electron chi connectivity index (χ0n) is 8.02. The third kappa shape index (κ3) is 1.92. The summed E-state index contributed by atoms with van der Waals surface area (Å²) in [5.41, 5.74) is 0.286. The van der Waals surface area contributed by atoms with Gasteiger partial charge in [-0.3, -0.25) is 0 Å². The number of ether oxygens (including phenoxy) is 1. The molecule has 0 saturated carbocycles. The summed E-state index contributed by atoms with van der Waals surface area (Å²) in [5.74, 6) is -2.66. The van der Waals surface area contributed by atoms with Crippen molar-refractivity contribution in [1.29, 1.82) is 0 Å². The molecule has 4 nitrogen and oxygen atoms in total. The van der Waals surface area contributed by atoms with Gasteiger partial charge in [0.15, 0.2) is 5.79 Å². The van der Waals surface area contributed by atoms with Crippen molar-refractivity contribution in [2.24, 2.45) is 0 Å². The van der Waals surface area contributed by atoms with Crippen LogP contribution in [0.2, 0.25) is 0 Å². The lowest BCUT2D eigenvalue weighted by molar-refractivity contribution is -0.179. The Morgan fingerprint density at radius 3 is 2.50 bits per heavy atom. The summed E-state index contributed by atoms with van der Waals surface area (Å²) < 4.78 is 4.81. The Balaban J connectivity index is 3.27. The van der Waals surface area contributed by atoms with Gasteiger partial charge in [0.05, 0.1) is 5.56 Å². The molecule has 1 atom stereocenters. The van der Waals surface area contributed by atoms with Crippen LogP contribution in [0.4, 0.5) is 0 Å². The summed E-state index contributed by atoms with van der Waals surface area (Å²) in [6.45, 7) is 1.40. The Bertz CT molecular complexity index is 344. The van der Waals surface area contributed by atoms with Crippen LogP contribution in [0.1, 0.15) is 22.8 Å². The van der Waals surface area contributed by atoms with E-state index >= 15 is 0 Å². The van der Waals surface area contributed by atoms with E-state index < -0.39 is 11.8 Å². The predicted octanol–water partition coefficient (Wildman–Crippen LogP) is 1.20. The van der Waals surface area contributed by atoms with Gasteiger partial charge < -0.3 is 14.9 Å². The number of hydrogen-bond donors (Lipinski definition) is 2. The first kappa shape index (κ1) is 10.7. The fourth-order valence-electron chi connectivity index (χ4n) is 1.18. The summed E-state index contributed by atoms with van der Waals surface area (Å²) in [7, 11) is 1.32. The van der Waals surface area contributed by atoms with Gasteiger partial charge in [0.1, 0.15) is 0 Å². The van der Waals surface area contributed by atoms with Crippen molar-refractivity contribution in [3.05, 3.63) is 35.4 Å². The number of carboxylic acid groups (broad SMARTS) is 1. The van der Waals surface area contributed by atoms with Crippen LogP contribution in [-0.2, 0) is 10.5 Å². The quantitative estimate of drug-likeness (QED) is 0.713. The van der Waals surface area contributed by atoms with Crippen molar-refractivity contribution >= 4 is 5.97 Å². The topological polar surface area (TPSA) is 66.8 Å². The van der Waals surface area contributed by atoms with Crippen molar-refractivity contribution in [1.82, 2.24) is 0 Å². The maximum atomic E-state index is 10.8. The third-order valence-corrected chi connectivity index (χ3v) is 2.05. The van der Waals surface area contributed by atoms with Crippen LogP contribution >= 0.6 is 0 Å². The molecule has 0 aliphatic heterocycles. The van der Waals surface area contributed by atoms with Gasteiger partial charge in [-0.25, -0.2) is 4.79 Å². The fraction of sp³-hybridized carbons (Fsp3) is 0.300. The minimum atomic E-state index is -1.57. The second-order valence-corrected chi connectivity index (χ2v) is 3.04. The molecule has 0 spiro atoms. The van der Waals surface area contributed by atoms with Crippen molar-refractivity contribution in [3.8, 4) is 0 Å². The number of rotatable bonds is 3. The standard InChI is InChI=1S/C10H12O4/c1-10(13,14-2)8-6-4-3-5-7(8)9(11)12/h3-6,13H,1-2H3,(H,11,12). The molecule has 1 rings (SSSR count). The van der Waals surface area contributed by atoms with Crippen LogP contribution < -0.4 is 0 Å². The fourth-order valence-corrected chi connectivity index (χ4v) is 1.18. The van der Waals surface area contributed by atoms with E-state index in [0.29, 0.717) is 0 Å². The number of benzene rings is 1. The molecular formula is C10H12O4. The molecule has 4 heteroatoms. The lowest BCUT2D eigenvalue weighted by atomic mass is 10.0. The number of carbonyl (C=O) groups is 1. The lowest BCUT2D eigenvalue weighted by Crippen LogP contribution is -2.26.